The highest BCUT2D eigenvalue weighted by Gasteiger charge is 2.30. The Bertz CT molecular complexity index is 638. The first-order chi connectivity index (χ1) is 14.7. The third-order valence-electron chi connectivity index (χ3n) is 7.95. The second kappa shape index (κ2) is 12.7. The van der Waals surface area contributed by atoms with E-state index in [1.54, 1.807) is 0 Å². The number of hydrogen-bond acceptors (Lipinski definition) is 0. The van der Waals surface area contributed by atoms with E-state index in [0.29, 0.717) is 5.92 Å². The van der Waals surface area contributed by atoms with Crippen molar-refractivity contribution in [3.05, 3.63) is 47.3 Å². The minimum absolute atomic E-state index is 0.0498. The first-order valence-electron chi connectivity index (χ1n) is 13.1. The normalized spacial score (nSPS) is 25.4. The first-order valence-corrected chi connectivity index (χ1v) is 13.1. The van der Waals surface area contributed by atoms with Gasteiger partial charge in [-0.05, 0) is 92.2 Å². The van der Waals surface area contributed by atoms with Gasteiger partial charge < -0.3 is 0 Å². The van der Waals surface area contributed by atoms with Gasteiger partial charge in [0.2, 0.25) is 0 Å². The van der Waals surface area contributed by atoms with Crippen LogP contribution < -0.4 is 0 Å². The van der Waals surface area contributed by atoms with Crippen LogP contribution in [-0.2, 0) is 6.42 Å². The standard InChI is InChI=1S/C29H45F/c1-3-5-8-14-26-19-20-27(22-29(26)30)28(21-24-12-9-7-10-13-24)25-17-15-23(16-18-25)11-6-4-2/h7,9,19-20,22-25,28H,3-6,8,10-18,21H2,1-2H3. The van der Waals surface area contributed by atoms with Gasteiger partial charge in [0.25, 0.3) is 0 Å². The summed E-state index contributed by atoms with van der Waals surface area (Å²) >= 11 is 0. The van der Waals surface area contributed by atoms with Crippen LogP contribution in [0.2, 0.25) is 0 Å². The maximum absolute atomic E-state index is 15.0. The fourth-order valence-corrected chi connectivity index (χ4v) is 5.96. The lowest BCUT2D eigenvalue weighted by Gasteiger charge is -2.36. The van der Waals surface area contributed by atoms with Crippen LogP contribution in [0, 0.1) is 23.6 Å². The maximum atomic E-state index is 15.0. The second-order valence-corrected chi connectivity index (χ2v) is 10.2. The number of benzene rings is 1. The Labute approximate surface area is 185 Å². The monoisotopic (exact) mass is 412 g/mol. The van der Waals surface area contributed by atoms with Gasteiger partial charge in [-0.15, -0.1) is 0 Å². The highest BCUT2D eigenvalue weighted by atomic mass is 19.1. The van der Waals surface area contributed by atoms with Crippen molar-refractivity contribution in [2.75, 3.05) is 0 Å². The molecule has 0 aliphatic heterocycles. The zero-order valence-corrected chi connectivity index (χ0v) is 19.7. The fraction of sp³-hybridized carbons (Fsp3) is 0.724. The SMILES string of the molecule is CCCCCc1ccc(C(CC2CC=CCC2)C2CCC(CCCC)CC2)cc1F. The Balaban J connectivity index is 1.69. The van der Waals surface area contributed by atoms with Crippen molar-refractivity contribution in [3.8, 4) is 0 Å². The zero-order valence-electron chi connectivity index (χ0n) is 19.7. The predicted octanol–water partition coefficient (Wildman–Crippen LogP) is 9.38. The molecule has 0 bridgehead atoms. The molecule has 0 aromatic heterocycles. The Kier molecular flexibility index (Phi) is 9.95. The summed E-state index contributed by atoms with van der Waals surface area (Å²) in [6, 6.07) is 6.33. The van der Waals surface area contributed by atoms with E-state index in [2.05, 4.69) is 38.1 Å². The van der Waals surface area contributed by atoms with Crippen molar-refractivity contribution in [1.29, 1.82) is 0 Å². The van der Waals surface area contributed by atoms with E-state index in [0.717, 1.165) is 36.2 Å². The molecule has 1 aromatic rings. The van der Waals surface area contributed by atoms with Crippen molar-refractivity contribution < 1.29 is 4.39 Å². The lowest BCUT2D eigenvalue weighted by molar-refractivity contribution is 0.210. The van der Waals surface area contributed by atoms with E-state index >= 15 is 0 Å². The van der Waals surface area contributed by atoms with Crippen LogP contribution in [0.15, 0.2) is 30.4 Å². The smallest absolute Gasteiger partial charge is 0.126 e. The summed E-state index contributed by atoms with van der Waals surface area (Å²) in [5, 5.41) is 0. The van der Waals surface area contributed by atoms with Crippen LogP contribution in [0.4, 0.5) is 4.39 Å². The molecule has 2 unspecified atom stereocenters. The van der Waals surface area contributed by atoms with Crippen molar-refractivity contribution in [3.63, 3.8) is 0 Å². The molecule has 0 N–H and O–H groups in total. The fourth-order valence-electron chi connectivity index (χ4n) is 5.96. The quantitative estimate of drug-likeness (QED) is 0.251. The molecule has 2 atom stereocenters. The molecule has 0 nitrogen and oxygen atoms in total. The van der Waals surface area contributed by atoms with Gasteiger partial charge in [0.1, 0.15) is 5.82 Å². The van der Waals surface area contributed by atoms with Crippen LogP contribution in [0.5, 0.6) is 0 Å². The summed E-state index contributed by atoms with van der Waals surface area (Å²) in [5.74, 6) is 3.07. The summed E-state index contributed by atoms with van der Waals surface area (Å²) in [6.45, 7) is 4.52. The minimum Gasteiger partial charge on any atom is -0.207 e. The van der Waals surface area contributed by atoms with Crippen molar-refractivity contribution in [1.82, 2.24) is 0 Å². The van der Waals surface area contributed by atoms with Gasteiger partial charge in [-0.1, -0.05) is 83.1 Å². The van der Waals surface area contributed by atoms with E-state index in [9.17, 15) is 4.39 Å². The van der Waals surface area contributed by atoms with Gasteiger partial charge in [-0.25, -0.2) is 4.39 Å². The summed E-state index contributed by atoms with van der Waals surface area (Å²) in [7, 11) is 0. The highest BCUT2D eigenvalue weighted by molar-refractivity contribution is 5.28. The van der Waals surface area contributed by atoms with Crippen LogP contribution >= 0.6 is 0 Å². The molecule has 0 saturated heterocycles. The van der Waals surface area contributed by atoms with Crippen LogP contribution in [0.25, 0.3) is 0 Å². The largest absolute Gasteiger partial charge is 0.207 e. The summed E-state index contributed by atoms with van der Waals surface area (Å²) in [4.78, 5) is 0. The molecule has 2 aliphatic rings. The molecule has 0 radical (unpaired) electrons. The van der Waals surface area contributed by atoms with E-state index in [1.807, 2.05) is 6.07 Å². The van der Waals surface area contributed by atoms with E-state index in [4.69, 9.17) is 0 Å². The van der Waals surface area contributed by atoms with Crippen LogP contribution in [0.1, 0.15) is 121 Å². The van der Waals surface area contributed by atoms with Gasteiger partial charge in [-0.2, -0.15) is 0 Å². The van der Waals surface area contributed by atoms with Crippen molar-refractivity contribution in [2.45, 2.75) is 116 Å². The number of rotatable bonds is 11. The molecule has 168 valence electrons. The average Bonchev–Trinajstić information content (AvgIpc) is 2.78. The lowest BCUT2D eigenvalue weighted by Crippen LogP contribution is -2.23. The highest BCUT2D eigenvalue weighted by Crippen LogP contribution is 2.44. The minimum atomic E-state index is 0.0498. The topological polar surface area (TPSA) is 0 Å². The summed E-state index contributed by atoms with van der Waals surface area (Å²) in [6.07, 6.45) is 23.7. The van der Waals surface area contributed by atoms with Crippen molar-refractivity contribution >= 4 is 0 Å². The van der Waals surface area contributed by atoms with Gasteiger partial charge in [0.15, 0.2) is 0 Å². The molecular weight excluding hydrogens is 367 g/mol. The molecule has 1 fully saturated rings. The molecule has 0 heterocycles. The first kappa shape index (κ1) is 23.6. The van der Waals surface area contributed by atoms with Gasteiger partial charge >= 0.3 is 0 Å². The number of aryl methyl sites for hydroxylation is 1. The molecule has 3 rings (SSSR count). The Morgan fingerprint density at radius 3 is 2.37 bits per heavy atom. The Morgan fingerprint density at radius 1 is 0.900 bits per heavy atom. The van der Waals surface area contributed by atoms with E-state index < -0.39 is 0 Å². The molecular formula is C29H45F. The number of allylic oxidation sites excluding steroid dienone is 2. The Hall–Kier alpha value is -1.11. The van der Waals surface area contributed by atoms with Gasteiger partial charge in [0.05, 0.1) is 0 Å². The number of halogens is 1. The predicted molar refractivity (Wildman–Crippen MR) is 128 cm³/mol. The van der Waals surface area contributed by atoms with Gasteiger partial charge in [0, 0.05) is 0 Å². The number of hydrogen-bond donors (Lipinski definition) is 0. The van der Waals surface area contributed by atoms with Crippen molar-refractivity contribution in [2.24, 2.45) is 17.8 Å². The molecule has 0 spiro atoms. The van der Waals surface area contributed by atoms with E-state index in [-0.39, 0.29) is 5.82 Å². The average molecular weight is 413 g/mol. The number of unbranched alkanes of at least 4 members (excludes halogenated alkanes) is 3. The third-order valence-corrected chi connectivity index (χ3v) is 7.95. The lowest BCUT2D eigenvalue weighted by atomic mass is 9.69. The summed E-state index contributed by atoms with van der Waals surface area (Å²) < 4.78 is 15.0. The maximum Gasteiger partial charge on any atom is 0.126 e. The summed E-state index contributed by atoms with van der Waals surface area (Å²) in [5.41, 5.74) is 2.22. The van der Waals surface area contributed by atoms with Crippen LogP contribution in [0.3, 0.4) is 0 Å². The van der Waals surface area contributed by atoms with E-state index in [1.165, 1.54) is 89.0 Å². The third kappa shape index (κ3) is 6.96. The zero-order chi connectivity index (χ0) is 21.2. The van der Waals surface area contributed by atoms with Gasteiger partial charge in [-0.3, -0.25) is 0 Å². The molecule has 1 heteroatoms. The second-order valence-electron chi connectivity index (χ2n) is 10.2. The molecule has 0 amide bonds. The van der Waals surface area contributed by atoms with Crippen LogP contribution in [-0.4, -0.2) is 0 Å². The Morgan fingerprint density at radius 2 is 1.70 bits per heavy atom. The molecule has 2 aliphatic carbocycles. The molecule has 1 aromatic carbocycles. The molecule has 1 saturated carbocycles. The molecule has 30 heavy (non-hydrogen) atoms.